The third-order valence-electron chi connectivity index (χ3n) is 8.11. The van der Waals surface area contributed by atoms with Crippen LogP contribution in [-0.4, -0.2) is 43.3 Å². The minimum absolute atomic E-state index is 0.194. The van der Waals surface area contributed by atoms with Crippen LogP contribution >= 0.6 is 0 Å². The topological polar surface area (TPSA) is 93.7 Å². The van der Waals surface area contributed by atoms with Crippen molar-refractivity contribution in [2.75, 3.05) is 14.2 Å². The van der Waals surface area contributed by atoms with Gasteiger partial charge in [-0.3, -0.25) is 0 Å². The summed E-state index contributed by atoms with van der Waals surface area (Å²) >= 11 is 0. The molecule has 2 atom stereocenters. The van der Waals surface area contributed by atoms with Crippen LogP contribution in [0.4, 0.5) is 4.79 Å². The molecule has 0 radical (unpaired) electrons. The molecule has 2 N–H and O–H groups in total. The second-order valence-electron chi connectivity index (χ2n) is 9.41. The molecule has 4 fully saturated rings. The molecule has 4 aliphatic rings. The summed E-state index contributed by atoms with van der Waals surface area (Å²) in [5.41, 5.74) is -2.31. The summed E-state index contributed by atoms with van der Waals surface area (Å²) in [5, 5.41) is 5.89. The van der Waals surface area contributed by atoms with Crippen LogP contribution in [0.25, 0.3) is 0 Å². The van der Waals surface area contributed by atoms with E-state index in [0.29, 0.717) is 12.8 Å². The summed E-state index contributed by atoms with van der Waals surface area (Å²) in [6.07, 6.45) is 11.5. The van der Waals surface area contributed by atoms with Gasteiger partial charge in [-0.1, -0.05) is 38.5 Å². The average Bonchev–Trinajstić information content (AvgIpc) is 3.53. The SMILES string of the molecule is COC(=O)C1(NC(=O)NC2(C(=O)OC)CC23CCCCC3)CC12CCCCC2. The van der Waals surface area contributed by atoms with E-state index in [1.165, 1.54) is 27.1 Å². The van der Waals surface area contributed by atoms with Crippen LogP contribution in [0.2, 0.25) is 0 Å². The molecule has 4 aliphatic carbocycles. The largest absolute Gasteiger partial charge is 0.467 e. The van der Waals surface area contributed by atoms with Crippen LogP contribution in [0, 0.1) is 10.8 Å². The lowest BCUT2D eigenvalue weighted by molar-refractivity contribution is -0.145. The Morgan fingerprint density at radius 2 is 1.00 bits per heavy atom. The number of nitrogens with one attached hydrogen (secondary N) is 2. The van der Waals surface area contributed by atoms with Crippen LogP contribution in [0.3, 0.4) is 0 Å². The van der Waals surface area contributed by atoms with Crippen molar-refractivity contribution in [2.24, 2.45) is 10.8 Å². The maximum atomic E-state index is 13.0. The fraction of sp³-hybridized carbons (Fsp3) is 0.857. The molecule has 0 aliphatic heterocycles. The molecule has 0 heterocycles. The predicted molar refractivity (Wildman–Crippen MR) is 101 cm³/mol. The molecule has 0 aromatic rings. The van der Waals surface area contributed by atoms with Crippen molar-refractivity contribution < 1.29 is 23.9 Å². The van der Waals surface area contributed by atoms with Gasteiger partial charge in [0.1, 0.15) is 11.1 Å². The van der Waals surface area contributed by atoms with E-state index in [4.69, 9.17) is 9.47 Å². The molecule has 0 aromatic heterocycles. The van der Waals surface area contributed by atoms with Crippen molar-refractivity contribution in [3.8, 4) is 0 Å². The molecule has 0 saturated heterocycles. The fourth-order valence-electron chi connectivity index (χ4n) is 6.39. The van der Waals surface area contributed by atoms with Crippen molar-refractivity contribution in [3.63, 3.8) is 0 Å². The van der Waals surface area contributed by atoms with Gasteiger partial charge in [0.15, 0.2) is 0 Å². The number of carbonyl (C=O) groups is 3. The third kappa shape index (κ3) is 2.65. The van der Waals surface area contributed by atoms with E-state index in [-0.39, 0.29) is 22.8 Å². The first-order chi connectivity index (χ1) is 13.4. The molecule has 28 heavy (non-hydrogen) atoms. The van der Waals surface area contributed by atoms with Crippen molar-refractivity contribution in [1.29, 1.82) is 0 Å². The van der Waals surface area contributed by atoms with E-state index in [9.17, 15) is 14.4 Å². The molecule has 0 bridgehead atoms. The zero-order valence-corrected chi connectivity index (χ0v) is 17.0. The molecule has 4 rings (SSSR count). The van der Waals surface area contributed by atoms with E-state index < -0.39 is 17.1 Å². The minimum atomic E-state index is -0.960. The number of rotatable bonds is 4. The molecular weight excluding hydrogens is 360 g/mol. The van der Waals surface area contributed by atoms with Gasteiger partial charge in [0.05, 0.1) is 14.2 Å². The first kappa shape index (κ1) is 19.5. The van der Waals surface area contributed by atoms with E-state index in [1.807, 2.05) is 0 Å². The maximum Gasteiger partial charge on any atom is 0.332 e. The smallest absolute Gasteiger partial charge is 0.332 e. The molecule has 2 spiro atoms. The molecule has 7 nitrogen and oxygen atoms in total. The van der Waals surface area contributed by atoms with Gasteiger partial charge < -0.3 is 20.1 Å². The first-order valence-electron chi connectivity index (χ1n) is 10.7. The van der Waals surface area contributed by atoms with Gasteiger partial charge >= 0.3 is 18.0 Å². The van der Waals surface area contributed by atoms with Gasteiger partial charge in [-0.15, -0.1) is 0 Å². The first-order valence-corrected chi connectivity index (χ1v) is 10.7. The Kier molecular flexibility index (Phi) is 4.62. The van der Waals surface area contributed by atoms with Gasteiger partial charge in [-0.05, 0) is 38.5 Å². The van der Waals surface area contributed by atoms with E-state index in [0.717, 1.165) is 51.4 Å². The van der Waals surface area contributed by atoms with Crippen LogP contribution in [0.1, 0.15) is 77.0 Å². The van der Waals surface area contributed by atoms with E-state index in [1.54, 1.807) is 0 Å². The quantitative estimate of drug-likeness (QED) is 0.718. The Hall–Kier alpha value is -1.79. The Balaban J connectivity index is 1.51. The Morgan fingerprint density at radius 3 is 1.32 bits per heavy atom. The summed E-state index contributed by atoms with van der Waals surface area (Å²) in [6.45, 7) is 0. The second-order valence-corrected chi connectivity index (χ2v) is 9.41. The number of esters is 2. The number of methoxy groups -OCH3 is 2. The Morgan fingerprint density at radius 1 is 0.643 bits per heavy atom. The highest BCUT2D eigenvalue weighted by molar-refractivity contribution is 5.96. The van der Waals surface area contributed by atoms with Crippen molar-refractivity contribution >= 4 is 18.0 Å². The van der Waals surface area contributed by atoms with Crippen LogP contribution in [0.15, 0.2) is 0 Å². The average molecular weight is 392 g/mol. The molecule has 0 aromatic carbocycles. The molecule has 2 amide bonds. The van der Waals surface area contributed by atoms with Crippen molar-refractivity contribution in [2.45, 2.75) is 88.1 Å². The third-order valence-corrected chi connectivity index (χ3v) is 8.11. The van der Waals surface area contributed by atoms with Crippen molar-refractivity contribution in [3.05, 3.63) is 0 Å². The lowest BCUT2D eigenvalue weighted by Gasteiger charge is -2.31. The predicted octanol–water partition coefficient (Wildman–Crippen LogP) is 2.82. The molecular formula is C21H32N2O5. The molecule has 156 valence electrons. The Bertz CT molecular complexity index is 624. The molecule has 4 saturated carbocycles. The van der Waals surface area contributed by atoms with Gasteiger partial charge in [-0.2, -0.15) is 0 Å². The van der Waals surface area contributed by atoms with Gasteiger partial charge in [-0.25, -0.2) is 14.4 Å². The zero-order valence-electron chi connectivity index (χ0n) is 17.0. The lowest BCUT2D eigenvalue weighted by Crippen LogP contribution is -2.57. The highest BCUT2D eigenvalue weighted by Crippen LogP contribution is 2.66. The zero-order chi connectivity index (χ0) is 20.0. The number of hydrogen-bond acceptors (Lipinski definition) is 5. The summed E-state index contributed by atoms with van der Waals surface area (Å²) in [5.74, 6) is -0.750. The second kappa shape index (κ2) is 6.63. The number of amides is 2. The molecule has 2 unspecified atom stereocenters. The van der Waals surface area contributed by atoms with Crippen LogP contribution < -0.4 is 10.6 Å². The summed E-state index contributed by atoms with van der Waals surface area (Å²) < 4.78 is 10.1. The Labute approximate surface area is 166 Å². The van der Waals surface area contributed by atoms with E-state index >= 15 is 0 Å². The lowest BCUT2D eigenvalue weighted by atomic mass is 9.82. The standard InChI is InChI=1S/C21H32N2O5/c1-27-15(24)20(13-18(20)9-5-3-6-10-18)22-17(26)23-21(16(25)28-2)14-19(21)11-7-4-8-12-19/h3-14H2,1-2H3,(H2,22,23,26). The minimum Gasteiger partial charge on any atom is -0.467 e. The number of urea groups is 1. The monoisotopic (exact) mass is 392 g/mol. The highest BCUT2D eigenvalue weighted by Gasteiger charge is 2.75. The summed E-state index contributed by atoms with van der Waals surface area (Å²) in [6, 6.07) is -0.458. The highest BCUT2D eigenvalue weighted by atomic mass is 16.5. The normalized spacial score (nSPS) is 34.4. The number of ether oxygens (including phenoxy) is 2. The van der Waals surface area contributed by atoms with Gasteiger partial charge in [0.25, 0.3) is 0 Å². The number of hydrogen-bond donors (Lipinski definition) is 2. The van der Waals surface area contributed by atoms with Gasteiger partial charge in [0, 0.05) is 10.8 Å². The summed E-state index contributed by atoms with van der Waals surface area (Å²) in [4.78, 5) is 38.2. The van der Waals surface area contributed by atoms with Gasteiger partial charge in [0.2, 0.25) is 0 Å². The maximum absolute atomic E-state index is 13.0. The van der Waals surface area contributed by atoms with Crippen LogP contribution in [-0.2, 0) is 19.1 Å². The summed E-state index contributed by atoms with van der Waals surface area (Å²) in [7, 11) is 2.73. The van der Waals surface area contributed by atoms with Crippen molar-refractivity contribution in [1.82, 2.24) is 10.6 Å². The molecule has 7 heteroatoms. The number of carbonyl (C=O) groups excluding carboxylic acids is 3. The van der Waals surface area contributed by atoms with E-state index in [2.05, 4.69) is 10.6 Å². The van der Waals surface area contributed by atoms with Crippen LogP contribution in [0.5, 0.6) is 0 Å². The fourth-order valence-corrected chi connectivity index (χ4v) is 6.39.